The zero-order valence-electron chi connectivity index (χ0n) is 18.6. The minimum atomic E-state index is -0.436. The van der Waals surface area contributed by atoms with E-state index in [9.17, 15) is 14.9 Å². The van der Waals surface area contributed by atoms with Crippen molar-refractivity contribution < 1.29 is 14.5 Å². The van der Waals surface area contributed by atoms with Gasteiger partial charge >= 0.3 is 5.97 Å². The number of aryl methyl sites for hydroxylation is 1. The molecule has 0 spiro atoms. The van der Waals surface area contributed by atoms with Crippen LogP contribution < -0.4 is 0 Å². The van der Waals surface area contributed by atoms with Crippen LogP contribution in [0.5, 0.6) is 0 Å². The van der Waals surface area contributed by atoms with Crippen LogP contribution in [0.25, 0.3) is 38.8 Å². The first kappa shape index (κ1) is 21.3. The highest BCUT2D eigenvalue weighted by Crippen LogP contribution is 2.34. The van der Waals surface area contributed by atoms with E-state index >= 15 is 0 Å². The van der Waals surface area contributed by atoms with Crippen LogP contribution in [0, 0.1) is 17.0 Å². The maximum atomic E-state index is 12.4. The fourth-order valence-electron chi connectivity index (χ4n) is 3.98. The normalized spacial score (nSPS) is 11.1. The number of aromatic nitrogens is 3. The predicted molar refractivity (Wildman–Crippen MR) is 129 cm³/mol. The number of carbonyl (C=O) groups excluding carboxylic acids is 1. The lowest BCUT2D eigenvalue weighted by Gasteiger charge is -2.08. The van der Waals surface area contributed by atoms with Gasteiger partial charge in [-0.15, -0.1) is 0 Å². The summed E-state index contributed by atoms with van der Waals surface area (Å²) < 4.78 is 6.85. The van der Waals surface area contributed by atoms with Crippen LogP contribution in [0.3, 0.4) is 0 Å². The first-order valence-electron chi connectivity index (χ1n) is 10.8. The van der Waals surface area contributed by atoms with Crippen molar-refractivity contribution >= 4 is 33.5 Å². The van der Waals surface area contributed by atoms with Crippen molar-refractivity contribution in [2.75, 3.05) is 6.61 Å². The van der Waals surface area contributed by atoms with E-state index in [2.05, 4.69) is 4.98 Å². The van der Waals surface area contributed by atoms with Crippen LogP contribution in [-0.4, -0.2) is 32.3 Å². The summed E-state index contributed by atoms with van der Waals surface area (Å²) in [7, 11) is 0. The minimum absolute atomic E-state index is 0.0383. The molecule has 0 atom stereocenters. The number of nitro benzene ring substituents is 1. The third-order valence-corrected chi connectivity index (χ3v) is 5.63. The number of nitro groups is 1. The standard InChI is InChI=1S/C26H20N4O4/c1-3-34-26(31)18-11-12-23-21(13-18)25-22(15-27-23)24(17-9-7-16(2)8-10-17)28-29(25)19-5-4-6-20(14-19)30(32)33/h4-15H,3H2,1-2H3. The second kappa shape index (κ2) is 8.40. The average molecular weight is 452 g/mol. The van der Waals surface area contributed by atoms with E-state index in [1.807, 2.05) is 31.2 Å². The number of rotatable bonds is 5. The lowest BCUT2D eigenvalue weighted by molar-refractivity contribution is -0.384. The molecule has 5 aromatic rings. The van der Waals surface area contributed by atoms with Crippen molar-refractivity contribution in [3.8, 4) is 16.9 Å². The summed E-state index contributed by atoms with van der Waals surface area (Å²) in [6.07, 6.45) is 1.75. The minimum Gasteiger partial charge on any atom is -0.462 e. The Balaban J connectivity index is 1.85. The molecule has 0 saturated carbocycles. The fraction of sp³-hybridized carbons (Fsp3) is 0.115. The van der Waals surface area contributed by atoms with Crippen molar-refractivity contribution in [2.45, 2.75) is 13.8 Å². The molecule has 0 amide bonds. The molecule has 0 unspecified atom stereocenters. The van der Waals surface area contributed by atoms with Gasteiger partial charge in [0, 0.05) is 34.7 Å². The molecule has 168 valence electrons. The number of carbonyl (C=O) groups is 1. The maximum absolute atomic E-state index is 12.4. The molecule has 2 heterocycles. The van der Waals surface area contributed by atoms with Crippen molar-refractivity contribution in [3.63, 3.8) is 0 Å². The Bertz CT molecular complexity index is 1570. The molecule has 0 N–H and O–H groups in total. The quantitative estimate of drug-likeness (QED) is 0.194. The Morgan fingerprint density at radius 1 is 1.06 bits per heavy atom. The first-order valence-corrected chi connectivity index (χ1v) is 10.8. The fourth-order valence-corrected chi connectivity index (χ4v) is 3.98. The third kappa shape index (κ3) is 3.65. The van der Waals surface area contributed by atoms with Crippen LogP contribution >= 0.6 is 0 Å². The van der Waals surface area contributed by atoms with Gasteiger partial charge in [-0.05, 0) is 38.1 Å². The van der Waals surface area contributed by atoms with E-state index in [0.717, 1.165) is 16.5 Å². The Hall–Kier alpha value is -4.59. The number of non-ortho nitro benzene ring substituents is 1. The van der Waals surface area contributed by atoms with Gasteiger partial charge in [0.05, 0.1) is 33.8 Å². The van der Waals surface area contributed by atoms with Gasteiger partial charge in [0.2, 0.25) is 0 Å². The third-order valence-electron chi connectivity index (χ3n) is 5.63. The van der Waals surface area contributed by atoms with Gasteiger partial charge < -0.3 is 4.74 Å². The highest BCUT2D eigenvalue weighted by Gasteiger charge is 2.19. The lowest BCUT2D eigenvalue weighted by Crippen LogP contribution is -2.04. The lowest BCUT2D eigenvalue weighted by atomic mass is 10.0. The van der Waals surface area contributed by atoms with Crippen LogP contribution in [0.4, 0.5) is 5.69 Å². The summed E-state index contributed by atoms with van der Waals surface area (Å²) in [6, 6.07) is 19.4. The SMILES string of the molecule is CCOC(=O)c1ccc2ncc3c(-c4ccc(C)cc4)nn(-c4cccc([N+](=O)[O-])c4)c3c2c1. The second-order valence-corrected chi connectivity index (χ2v) is 7.88. The van der Waals surface area contributed by atoms with E-state index in [1.54, 1.807) is 48.1 Å². The van der Waals surface area contributed by atoms with Gasteiger partial charge in [0.15, 0.2) is 0 Å². The van der Waals surface area contributed by atoms with Gasteiger partial charge in [-0.1, -0.05) is 35.9 Å². The number of fused-ring (bicyclic) bond motifs is 3. The summed E-state index contributed by atoms with van der Waals surface area (Å²) >= 11 is 0. The Morgan fingerprint density at radius 3 is 2.59 bits per heavy atom. The number of ether oxygens (including phenoxy) is 1. The monoisotopic (exact) mass is 452 g/mol. The van der Waals surface area contributed by atoms with Gasteiger partial charge in [0.25, 0.3) is 5.69 Å². The molecule has 0 saturated heterocycles. The zero-order chi connectivity index (χ0) is 23.8. The van der Waals surface area contributed by atoms with Crippen LogP contribution in [-0.2, 0) is 4.74 Å². The molecule has 3 aromatic carbocycles. The molecule has 0 bridgehead atoms. The van der Waals surface area contributed by atoms with Gasteiger partial charge in [-0.2, -0.15) is 5.10 Å². The Kier molecular flexibility index (Phi) is 5.25. The van der Waals surface area contributed by atoms with Crippen molar-refractivity contribution in [2.24, 2.45) is 0 Å². The smallest absolute Gasteiger partial charge is 0.338 e. The van der Waals surface area contributed by atoms with Gasteiger partial charge in [-0.25, -0.2) is 9.48 Å². The van der Waals surface area contributed by atoms with Crippen LogP contribution in [0.2, 0.25) is 0 Å². The molecule has 0 fully saturated rings. The summed E-state index contributed by atoms with van der Waals surface area (Å²) in [5.41, 5.74) is 4.96. The number of benzene rings is 3. The number of hydrogen-bond donors (Lipinski definition) is 0. The van der Waals surface area contributed by atoms with E-state index in [0.29, 0.717) is 33.4 Å². The predicted octanol–water partition coefficient (Wildman–Crippen LogP) is 5.63. The second-order valence-electron chi connectivity index (χ2n) is 7.88. The van der Waals surface area contributed by atoms with E-state index in [1.165, 1.54) is 12.1 Å². The number of hydrogen-bond acceptors (Lipinski definition) is 6. The van der Waals surface area contributed by atoms with Gasteiger partial charge in [0.1, 0.15) is 5.69 Å². The van der Waals surface area contributed by atoms with Crippen molar-refractivity contribution in [1.29, 1.82) is 0 Å². The number of esters is 1. The highest BCUT2D eigenvalue weighted by molar-refractivity contribution is 6.10. The molecule has 0 radical (unpaired) electrons. The molecule has 0 aliphatic rings. The van der Waals surface area contributed by atoms with Crippen LogP contribution in [0.1, 0.15) is 22.8 Å². The molecule has 2 aromatic heterocycles. The van der Waals surface area contributed by atoms with E-state index in [4.69, 9.17) is 9.84 Å². The Labute approximate surface area is 194 Å². The summed E-state index contributed by atoms with van der Waals surface area (Å²) in [5, 5.41) is 17.7. The van der Waals surface area contributed by atoms with Gasteiger partial charge in [-0.3, -0.25) is 15.1 Å². The van der Waals surface area contributed by atoms with Crippen LogP contribution in [0.15, 0.2) is 72.9 Å². The van der Waals surface area contributed by atoms with Crippen molar-refractivity contribution in [3.05, 3.63) is 94.2 Å². The molecular weight excluding hydrogens is 432 g/mol. The van der Waals surface area contributed by atoms with Crippen molar-refractivity contribution in [1.82, 2.24) is 14.8 Å². The number of pyridine rings is 1. The number of nitrogens with zero attached hydrogens (tertiary/aromatic N) is 4. The molecule has 0 aliphatic carbocycles. The summed E-state index contributed by atoms with van der Waals surface area (Å²) in [6.45, 7) is 4.03. The Morgan fingerprint density at radius 2 is 1.85 bits per heavy atom. The first-order chi connectivity index (χ1) is 16.5. The molecule has 8 nitrogen and oxygen atoms in total. The zero-order valence-corrected chi connectivity index (χ0v) is 18.6. The average Bonchev–Trinajstić information content (AvgIpc) is 3.24. The topological polar surface area (TPSA) is 100 Å². The maximum Gasteiger partial charge on any atom is 0.338 e. The molecule has 8 heteroatoms. The molecule has 0 aliphatic heterocycles. The molecular formula is C26H20N4O4. The summed E-state index contributed by atoms with van der Waals surface area (Å²) in [4.78, 5) is 28.0. The molecule has 5 rings (SSSR count). The summed E-state index contributed by atoms with van der Waals surface area (Å²) in [5.74, 6) is -0.429. The highest BCUT2D eigenvalue weighted by atomic mass is 16.6. The largest absolute Gasteiger partial charge is 0.462 e. The van der Waals surface area contributed by atoms with E-state index < -0.39 is 10.9 Å². The molecule has 34 heavy (non-hydrogen) atoms. The van der Waals surface area contributed by atoms with E-state index in [-0.39, 0.29) is 12.3 Å².